The maximum Gasteiger partial charge on any atom is 0.191 e. The molecule has 6 heteroatoms. The predicted molar refractivity (Wildman–Crippen MR) is 104 cm³/mol. The van der Waals surface area contributed by atoms with Crippen molar-refractivity contribution < 1.29 is 0 Å². The maximum absolute atomic E-state index is 4.28. The van der Waals surface area contributed by atoms with Crippen molar-refractivity contribution >= 4 is 17.3 Å². The first-order valence-corrected chi connectivity index (χ1v) is 9.15. The van der Waals surface area contributed by atoms with Gasteiger partial charge in [0.15, 0.2) is 5.96 Å². The maximum atomic E-state index is 4.28. The molecule has 0 saturated carbocycles. The highest BCUT2D eigenvalue weighted by Crippen LogP contribution is 2.09. The topological polar surface area (TPSA) is 54.2 Å². The second-order valence-electron chi connectivity index (χ2n) is 5.78. The molecule has 0 spiro atoms. The molecule has 0 saturated heterocycles. The van der Waals surface area contributed by atoms with E-state index < -0.39 is 0 Å². The van der Waals surface area contributed by atoms with E-state index in [1.807, 2.05) is 19.3 Å². The van der Waals surface area contributed by atoms with Gasteiger partial charge in [-0.1, -0.05) is 30.3 Å². The van der Waals surface area contributed by atoms with E-state index in [0.29, 0.717) is 0 Å². The summed E-state index contributed by atoms with van der Waals surface area (Å²) in [5.74, 6) is 1.84. The number of guanidine groups is 1. The van der Waals surface area contributed by atoms with Crippen LogP contribution in [0.2, 0.25) is 0 Å². The van der Waals surface area contributed by atoms with Gasteiger partial charge in [0.05, 0.1) is 6.54 Å². The van der Waals surface area contributed by atoms with Crippen LogP contribution in [0.15, 0.2) is 59.2 Å². The first-order valence-electron chi connectivity index (χ1n) is 8.27. The molecule has 0 fully saturated rings. The Labute approximate surface area is 152 Å². The normalized spacial score (nSPS) is 11.5. The monoisotopic (exact) mass is 353 g/mol. The van der Waals surface area contributed by atoms with Gasteiger partial charge in [0, 0.05) is 37.4 Å². The molecular formula is C19H23N5S. The average Bonchev–Trinajstić information content (AvgIpc) is 3.28. The van der Waals surface area contributed by atoms with Gasteiger partial charge in [-0.05, 0) is 29.5 Å². The van der Waals surface area contributed by atoms with Crippen LogP contribution in [0.25, 0.3) is 0 Å². The number of hydrogen-bond donors (Lipinski definition) is 2. The van der Waals surface area contributed by atoms with Crippen molar-refractivity contribution in [1.82, 2.24) is 20.2 Å². The molecule has 0 atom stereocenters. The summed E-state index contributed by atoms with van der Waals surface area (Å²) >= 11 is 1.74. The van der Waals surface area contributed by atoms with Crippen molar-refractivity contribution in [2.75, 3.05) is 7.05 Å². The van der Waals surface area contributed by atoms with Crippen LogP contribution < -0.4 is 10.6 Å². The molecule has 25 heavy (non-hydrogen) atoms. The van der Waals surface area contributed by atoms with Gasteiger partial charge >= 0.3 is 0 Å². The van der Waals surface area contributed by atoms with Crippen LogP contribution in [0, 0.1) is 6.92 Å². The van der Waals surface area contributed by atoms with E-state index in [0.717, 1.165) is 31.4 Å². The average molecular weight is 353 g/mol. The molecular weight excluding hydrogens is 330 g/mol. The summed E-state index contributed by atoms with van der Waals surface area (Å²) in [7, 11) is 1.79. The summed E-state index contributed by atoms with van der Waals surface area (Å²) in [4.78, 5) is 9.85. The Bertz CT molecular complexity index is 820. The fourth-order valence-electron chi connectivity index (χ4n) is 2.60. The lowest BCUT2D eigenvalue weighted by atomic mass is 10.1. The molecule has 0 bridgehead atoms. The largest absolute Gasteiger partial charge is 0.352 e. The number of aromatic nitrogens is 2. The molecule has 0 unspecified atom stereocenters. The summed E-state index contributed by atoms with van der Waals surface area (Å²) in [6.45, 7) is 4.39. The number of thiophene rings is 1. The van der Waals surface area contributed by atoms with Gasteiger partial charge in [0.1, 0.15) is 5.82 Å². The fraction of sp³-hybridized carbons (Fsp3) is 0.263. The number of nitrogens with zero attached hydrogens (tertiary/aromatic N) is 3. The third-order valence-electron chi connectivity index (χ3n) is 3.96. The number of aliphatic imine (C=N–C) groups is 1. The van der Waals surface area contributed by atoms with Crippen molar-refractivity contribution in [3.8, 4) is 0 Å². The molecule has 5 nitrogen and oxygen atoms in total. The number of nitrogens with one attached hydrogen (secondary N) is 2. The fourth-order valence-corrected chi connectivity index (χ4v) is 3.24. The quantitative estimate of drug-likeness (QED) is 0.529. The van der Waals surface area contributed by atoms with Crippen LogP contribution in [-0.4, -0.2) is 22.6 Å². The van der Waals surface area contributed by atoms with Gasteiger partial charge in [0.25, 0.3) is 0 Å². The Kier molecular flexibility index (Phi) is 5.85. The number of imidazole rings is 1. The number of rotatable bonds is 6. The van der Waals surface area contributed by atoms with Gasteiger partial charge in [-0.2, -0.15) is 0 Å². The Hall–Kier alpha value is -2.60. The van der Waals surface area contributed by atoms with E-state index in [-0.39, 0.29) is 0 Å². The zero-order valence-corrected chi connectivity index (χ0v) is 15.4. The van der Waals surface area contributed by atoms with Gasteiger partial charge in [0.2, 0.25) is 0 Å². The zero-order chi connectivity index (χ0) is 17.5. The number of hydrogen-bond acceptors (Lipinski definition) is 3. The van der Waals surface area contributed by atoms with Gasteiger partial charge in [-0.25, -0.2) is 4.98 Å². The zero-order valence-electron chi connectivity index (χ0n) is 14.6. The van der Waals surface area contributed by atoms with Crippen LogP contribution >= 0.6 is 11.3 Å². The third kappa shape index (κ3) is 4.93. The molecule has 0 aliphatic rings. The SMILES string of the molecule is CN=C(NCc1cccc(Cn2ccnc2C)c1)NCc1cccs1. The molecule has 0 radical (unpaired) electrons. The Morgan fingerprint density at radius 3 is 2.72 bits per heavy atom. The van der Waals surface area contributed by atoms with E-state index in [1.54, 1.807) is 18.4 Å². The van der Waals surface area contributed by atoms with Crippen molar-refractivity contribution in [3.63, 3.8) is 0 Å². The van der Waals surface area contributed by atoms with Crippen LogP contribution in [0.5, 0.6) is 0 Å². The number of benzene rings is 1. The molecule has 3 aromatic rings. The third-order valence-corrected chi connectivity index (χ3v) is 4.84. The first kappa shape index (κ1) is 17.2. The van der Waals surface area contributed by atoms with Crippen molar-refractivity contribution in [3.05, 3.63) is 76.0 Å². The smallest absolute Gasteiger partial charge is 0.191 e. The Morgan fingerprint density at radius 1 is 1.16 bits per heavy atom. The van der Waals surface area contributed by atoms with Crippen LogP contribution in [0.1, 0.15) is 21.8 Å². The minimum atomic E-state index is 0.737. The van der Waals surface area contributed by atoms with E-state index in [1.165, 1.54) is 16.0 Å². The highest BCUT2D eigenvalue weighted by Gasteiger charge is 2.02. The molecule has 2 heterocycles. The van der Waals surface area contributed by atoms with Crippen molar-refractivity contribution in [1.29, 1.82) is 0 Å². The second kappa shape index (κ2) is 8.48. The molecule has 2 N–H and O–H groups in total. The molecule has 130 valence electrons. The first-order chi connectivity index (χ1) is 12.2. The van der Waals surface area contributed by atoms with Crippen LogP contribution in [0.4, 0.5) is 0 Å². The lowest BCUT2D eigenvalue weighted by Crippen LogP contribution is -2.36. The minimum absolute atomic E-state index is 0.737. The predicted octanol–water partition coefficient (Wildman–Crippen LogP) is 3.17. The molecule has 0 aliphatic carbocycles. The van der Waals surface area contributed by atoms with Gasteiger partial charge in [-0.15, -0.1) is 11.3 Å². The van der Waals surface area contributed by atoms with E-state index >= 15 is 0 Å². The van der Waals surface area contributed by atoms with Crippen LogP contribution in [0.3, 0.4) is 0 Å². The van der Waals surface area contributed by atoms with Crippen molar-refractivity contribution in [2.45, 2.75) is 26.6 Å². The van der Waals surface area contributed by atoms with E-state index in [2.05, 4.69) is 67.0 Å². The molecule has 1 aromatic carbocycles. The molecule has 3 rings (SSSR count). The second-order valence-corrected chi connectivity index (χ2v) is 6.81. The lowest BCUT2D eigenvalue weighted by molar-refractivity contribution is 0.758. The minimum Gasteiger partial charge on any atom is -0.352 e. The lowest BCUT2D eigenvalue weighted by Gasteiger charge is -2.12. The highest BCUT2D eigenvalue weighted by atomic mass is 32.1. The Balaban J connectivity index is 1.55. The summed E-state index contributed by atoms with van der Waals surface area (Å²) in [5, 5.41) is 8.79. The van der Waals surface area contributed by atoms with Gasteiger partial charge < -0.3 is 15.2 Å². The number of aryl methyl sites for hydroxylation is 1. The molecule has 0 amide bonds. The standard InChI is InChI=1S/C19H23N5S/c1-15-21-8-9-24(15)14-17-6-3-5-16(11-17)12-22-19(20-2)23-13-18-7-4-10-25-18/h3-11H,12-14H2,1-2H3,(H2,20,22,23). The summed E-state index contributed by atoms with van der Waals surface area (Å²) in [5.41, 5.74) is 2.50. The summed E-state index contributed by atoms with van der Waals surface area (Å²) in [6, 6.07) is 12.8. The highest BCUT2D eigenvalue weighted by molar-refractivity contribution is 7.09. The van der Waals surface area contributed by atoms with E-state index in [4.69, 9.17) is 0 Å². The molecule has 2 aromatic heterocycles. The van der Waals surface area contributed by atoms with E-state index in [9.17, 15) is 0 Å². The summed E-state index contributed by atoms with van der Waals surface area (Å²) < 4.78 is 2.15. The van der Waals surface area contributed by atoms with Crippen molar-refractivity contribution in [2.24, 2.45) is 4.99 Å². The van der Waals surface area contributed by atoms with Gasteiger partial charge in [-0.3, -0.25) is 4.99 Å². The molecule has 0 aliphatic heterocycles. The Morgan fingerprint density at radius 2 is 2.00 bits per heavy atom. The summed E-state index contributed by atoms with van der Waals surface area (Å²) in [6.07, 6.45) is 3.85. The van der Waals surface area contributed by atoms with Crippen LogP contribution in [-0.2, 0) is 19.6 Å².